The third-order valence-electron chi connectivity index (χ3n) is 2.06. The molecular formula is C8H16N4S. The van der Waals surface area contributed by atoms with Crippen molar-refractivity contribution in [1.29, 1.82) is 0 Å². The van der Waals surface area contributed by atoms with Gasteiger partial charge in [0.15, 0.2) is 5.16 Å². The first-order valence-corrected chi connectivity index (χ1v) is 5.41. The van der Waals surface area contributed by atoms with E-state index in [-0.39, 0.29) is 0 Å². The highest BCUT2D eigenvalue weighted by atomic mass is 32.2. The molecule has 74 valence electrons. The summed E-state index contributed by atoms with van der Waals surface area (Å²) in [4.78, 5) is 0. The van der Waals surface area contributed by atoms with Crippen molar-refractivity contribution in [2.24, 2.45) is 13.0 Å². The standard InChI is InChI=1S/C8H16N4S/c1-4-6(2)5-13-8-11-10-7(9)12(8)3/h6H,4-5H2,1-3H3,(H2,9,10). The lowest BCUT2D eigenvalue weighted by Gasteiger charge is -2.06. The molecule has 0 bridgehead atoms. The molecule has 0 spiro atoms. The van der Waals surface area contributed by atoms with Crippen LogP contribution in [0.3, 0.4) is 0 Å². The van der Waals surface area contributed by atoms with Crippen molar-refractivity contribution < 1.29 is 0 Å². The van der Waals surface area contributed by atoms with Crippen molar-refractivity contribution in [3.63, 3.8) is 0 Å². The number of nitrogens with zero attached hydrogens (tertiary/aromatic N) is 3. The lowest BCUT2D eigenvalue weighted by molar-refractivity contribution is 0.634. The Bertz CT molecular complexity index is 271. The van der Waals surface area contributed by atoms with Crippen LogP contribution in [0.1, 0.15) is 20.3 Å². The smallest absolute Gasteiger partial charge is 0.222 e. The van der Waals surface area contributed by atoms with Crippen molar-refractivity contribution in [2.45, 2.75) is 25.4 Å². The van der Waals surface area contributed by atoms with Crippen molar-refractivity contribution in [2.75, 3.05) is 11.5 Å². The maximum absolute atomic E-state index is 5.56. The average molecular weight is 200 g/mol. The van der Waals surface area contributed by atoms with Gasteiger partial charge in [0.2, 0.25) is 5.95 Å². The summed E-state index contributed by atoms with van der Waals surface area (Å²) in [6, 6.07) is 0. The van der Waals surface area contributed by atoms with Crippen LogP contribution >= 0.6 is 11.8 Å². The number of anilines is 1. The molecule has 1 aromatic heterocycles. The van der Waals surface area contributed by atoms with Gasteiger partial charge < -0.3 is 5.73 Å². The Morgan fingerprint density at radius 1 is 1.54 bits per heavy atom. The van der Waals surface area contributed by atoms with Crippen molar-refractivity contribution in [1.82, 2.24) is 14.8 Å². The van der Waals surface area contributed by atoms with Crippen LogP contribution in [0.4, 0.5) is 5.95 Å². The molecule has 1 atom stereocenters. The van der Waals surface area contributed by atoms with Crippen LogP contribution < -0.4 is 5.73 Å². The van der Waals surface area contributed by atoms with Crippen LogP contribution in [-0.4, -0.2) is 20.5 Å². The Hall–Kier alpha value is -0.710. The van der Waals surface area contributed by atoms with Gasteiger partial charge in [-0.15, -0.1) is 10.2 Å². The molecule has 0 radical (unpaired) electrons. The third kappa shape index (κ3) is 2.62. The first-order chi connectivity index (χ1) is 6.15. The third-order valence-corrected chi connectivity index (χ3v) is 3.41. The molecule has 0 amide bonds. The molecule has 4 nitrogen and oxygen atoms in total. The normalized spacial score (nSPS) is 13.2. The van der Waals surface area contributed by atoms with E-state index < -0.39 is 0 Å². The van der Waals surface area contributed by atoms with Gasteiger partial charge in [-0.1, -0.05) is 32.0 Å². The second-order valence-electron chi connectivity index (χ2n) is 3.22. The zero-order valence-electron chi connectivity index (χ0n) is 8.32. The fourth-order valence-corrected chi connectivity index (χ4v) is 1.84. The monoisotopic (exact) mass is 200 g/mol. The quantitative estimate of drug-likeness (QED) is 0.749. The van der Waals surface area contributed by atoms with Crippen LogP contribution in [0.25, 0.3) is 0 Å². The molecule has 0 aliphatic heterocycles. The average Bonchev–Trinajstić information content (AvgIpc) is 2.44. The van der Waals surface area contributed by atoms with E-state index in [9.17, 15) is 0 Å². The van der Waals surface area contributed by atoms with Gasteiger partial charge >= 0.3 is 0 Å². The summed E-state index contributed by atoms with van der Waals surface area (Å²) in [5.41, 5.74) is 5.56. The molecule has 1 heterocycles. The first kappa shape index (κ1) is 10.4. The number of nitrogens with two attached hydrogens (primary N) is 1. The molecule has 0 aromatic carbocycles. The molecule has 1 rings (SSSR count). The predicted molar refractivity (Wildman–Crippen MR) is 55.6 cm³/mol. The molecular weight excluding hydrogens is 184 g/mol. The van der Waals surface area contributed by atoms with Gasteiger partial charge in [-0.2, -0.15) is 0 Å². The van der Waals surface area contributed by atoms with E-state index in [0.29, 0.717) is 11.9 Å². The molecule has 5 heteroatoms. The van der Waals surface area contributed by atoms with E-state index >= 15 is 0 Å². The van der Waals surface area contributed by atoms with E-state index in [4.69, 9.17) is 5.73 Å². The number of hydrogen-bond donors (Lipinski definition) is 1. The van der Waals surface area contributed by atoms with Crippen LogP contribution in [0.5, 0.6) is 0 Å². The number of rotatable bonds is 4. The molecule has 2 N–H and O–H groups in total. The van der Waals surface area contributed by atoms with Crippen LogP contribution in [0, 0.1) is 5.92 Å². The molecule has 0 fully saturated rings. The second-order valence-corrected chi connectivity index (χ2v) is 4.21. The largest absolute Gasteiger partial charge is 0.368 e. The molecule has 1 aromatic rings. The van der Waals surface area contributed by atoms with Gasteiger partial charge in [-0.3, -0.25) is 4.57 Å². The maximum atomic E-state index is 5.56. The lowest BCUT2D eigenvalue weighted by atomic mass is 10.2. The highest BCUT2D eigenvalue weighted by Crippen LogP contribution is 2.20. The van der Waals surface area contributed by atoms with E-state index in [1.54, 1.807) is 11.8 Å². The number of aromatic nitrogens is 3. The number of hydrogen-bond acceptors (Lipinski definition) is 4. The SMILES string of the molecule is CCC(C)CSc1nnc(N)n1C. The first-order valence-electron chi connectivity index (χ1n) is 4.42. The fourth-order valence-electron chi connectivity index (χ4n) is 0.786. The Balaban J connectivity index is 2.50. The van der Waals surface area contributed by atoms with Crippen molar-refractivity contribution in [3.8, 4) is 0 Å². The summed E-state index contributed by atoms with van der Waals surface area (Å²) in [6.45, 7) is 4.42. The van der Waals surface area contributed by atoms with E-state index in [0.717, 1.165) is 10.9 Å². The Labute approximate surface area is 82.9 Å². The molecule has 0 aliphatic rings. The molecule has 13 heavy (non-hydrogen) atoms. The predicted octanol–water partition coefficient (Wildman–Crippen LogP) is 1.54. The minimum atomic E-state index is 0.478. The topological polar surface area (TPSA) is 56.7 Å². The van der Waals surface area contributed by atoms with Gasteiger partial charge in [0.1, 0.15) is 0 Å². The Morgan fingerprint density at radius 2 is 2.23 bits per heavy atom. The van der Waals surface area contributed by atoms with Crippen LogP contribution in [0.2, 0.25) is 0 Å². The molecule has 1 unspecified atom stereocenters. The fraction of sp³-hybridized carbons (Fsp3) is 0.750. The summed E-state index contributed by atoms with van der Waals surface area (Å²) in [7, 11) is 1.88. The van der Waals surface area contributed by atoms with Gasteiger partial charge in [0.25, 0.3) is 0 Å². The minimum absolute atomic E-state index is 0.478. The Kier molecular flexibility index (Phi) is 3.59. The Morgan fingerprint density at radius 3 is 2.69 bits per heavy atom. The van der Waals surface area contributed by atoms with Crippen molar-refractivity contribution in [3.05, 3.63) is 0 Å². The van der Waals surface area contributed by atoms with Crippen molar-refractivity contribution >= 4 is 17.7 Å². The summed E-state index contributed by atoms with van der Waals surface area (Å²) in [5.74, 6) is 2.26. The summed E-state index contributed by atoms with van der Waals surface area (Å²) in [5, 5.41) is 8.66. The maximum Gasteiger partial charge on any atom is 0.222 e. The number of thioether (sulfide) groups is 1. The summed E-state index contributed by atoms with van der Waals surface area (Å²) < 4.78 is 1.81. The van der Waals surface area contributed by atoms with E-state index in [1.165, 1.54) is 6.42 Å². The number of nitrogen functional groups attached to an aromatic ring is 1. The van der Waals surface area contributed by atoms with Gasteiger partial charge in [-0.05, 0) is 5.92 Å². The summed E-state index contributed by atoms with van der Waals surface area (Å²) >= 11 is 1.71. The van der Waals surface area contributed by atoms with E-state index in [2.05, 4.69) is 24.0 Å². The molecule has 0 saturated carbocycles. The summed E-state index contributed by atoms with van der Waals surface area (Å²) in [6.07, 6.45) is 1.19. The van der Waals surface area contributed by atoms with Gasteiger partial charge in [0.05, 0.1) is 0 Å². The zero-order valence-corrected chi connectivity index (χ0v) is 9.14. The van der Waals surface area contributed by atoms with Crippen LogP contribution in [0.15, 0.2) is 5.16 Å². The highest BCUT2D eigenvalue weighted by Gasteiger charge is 2.07. The van der Waals surface area contributed by atoms with E-state index in [1.807, 2.05) is 11.6 Å². The highest BCUT2D eigenvalue weighted by molar-refractivity contribution is 7.99. The van der Waals surface area contributed by atoms with Gasteiger partial charge in [-0.25, -0.2) is 0 Å². The van der Waals surface area contributed by atoms with Gasteiger partial charge in [0, 0.05) is 12.8 Å². The minimum Gasteiger partial charge on any atom is -0.368 e. The molecule has 0 saturated heterocycles. The second kappa shape index (κ2) is 4.50. The lowest BCUT2D eigenvalue weighted by Crippen LogP contribution is -2.00. The zero-order chi connectivity index (χ0) is 9.84. The molecule has 0 aliphatic carbocycles. The van der Waals surface area contributed by atoms with Crippen LogP contribution in [-0.2, 0) is 7.05 Å².